The van der Waals surface area contributed by atoms with E-state index in [0.29, 0.717) is 0 Å². The van der Waals surface area contributed by atoms with Crippen molar-refractivity contribution >= 4 is 5.96 Å². The molecule has 0 heterocycles. The Morgan fingerprint density at radius 3 is 2.36 bits per heavy atom. The third-order valence-corrected chi connectivity index (χ3v) is 3.69. The Hall–Kier alpha value is -1.55. The molecule has 1 aromatic rings. The summed E-state index contributed by atoms with van der Waals surface area (Å²) in [4.78, 5) is 7.10. The molecule has 0 aliphatic heterocycles. The van der Waals surface area contributed by atoms with Gasteiger partial charge < -0.3 is 15.5 Å². The molecule has 0 unspecified atom stereocenters. The van der Waals surface area contributed by atoms with Crippen molar-refractivity contribution in [1.29, 1.82) is 0 Å². The van der Waals surface area contributed by atoms with Gasteiger partial charge in [-0.15, -0.1) is 0 Å². The van der Waals surface area contributed by atoms with Crippen LogP contribution in [-0.4, -0.2) is 43.6 Å². The van der Waals surface area contributed by atoms with Crippen LogP contribution in [0.4, 0.5) is 0 Å². The van der Waals surface area contributed by atoms with Crippen LogP contribution in [0.5, 0.6) is 0 Å². The number of rotatable bonds is 10. The Morgan fingerprint density at radius 1 is 1.00 bits per heavy atom. The highest BCUT2D eigenvalue weighted by Gasteiger charge is 2.00. The maximum Gasteiger partial charge on any atom is 0.191 e. The number of nitrogens with zero attached hydrogens (tertiary/aromatic N) is 2. The maximum absolute atomic E-state index is 4.63. The van der Waals surface area contributed by atoms with Crippen LogP contribution in [0.3, 0.4) is 0 Å². The van der Waals surface area contributed by atoms with Crippen LogP contribution in [0.1, 0.15) is 39.2 Å². The largest absolute Gasteiger partial charge is 0.357 e. The molecule has 4 heteroatoms. The second-order valence-corrected chi connectivity index (χ2v) is 5.34. The number of guanidine groups is 1. The molecular formula is C18H32N4. The topological polar surface area (TPSA) is 39.7 Å². The van der Waals surface area contributed by atoms with Crippen molar-refractivity contribution in [1.82, 2.24) is 15.5 Å². The molecule has 0 aliphatic carbocycles. The number of aliphatic imine (C=N–C) groups is 1. The maximum atomic E-state index is 4.63. The summed E-state index contributed by atoms with van der Waals surface area (Å²) < 4.78 is 0. The van der Waals surface area contributed by atoms with Gasteiger partial charge in [-0.2, -0.15) is 0 Å². The number of hydrogen-bond acceptors (Lipinski definition) is 2. The molecule has 0 radical (unpaired) electrons. The van der Waals surface area contributed by atoms with Crippen LogP contribution in [-0.2, 0) is 6.54 Å². The van der Waals surface area contributed by atoms with Gasteiger partial charge in [-0.05, 0) is 45.0 Å². The molecule has 0 aromatic heterocycles. The van der Waals surface area contributed by atoms with Crippen LogP contribution < -0.4 is 10.6 Å². The predicted octanol–water partition coefficient (Wildman–Crippen LogP) is 2.86. The molecule has 0 bridgehead atoms. The average Bonchev–Trinajstić information content (AvgIpc) is 2.56. The van der Waals surface area contributed by atoms with E-state index in [1.165, 1.54) is 24.9 Å². The van der Waals surface area contributed by atoms with E-state index in [2.05, 4.69) is 65.6 Å². The summed E-state index contributed by atoms with van der Waals surface area (Å²) in [6.45, 7) is 12.6. The van der Waals surface area contributed by atoms with Crippen LogP contribution >= 0.6 is 0 Å². The van der Waals surface area contributed by atoms with E-state index < -0.39 is 0 Å². The smallest absolute Gasteiger partial charge is 0.191 e. The molecule has 0 saturated heterocycles. The highest BCUT2D eigenvalue weighted by molar-refractivity contribution is 5.79. The zero-order valence-corrected chi connectivity index (χ0v) is 14.4. The molecule has 2 N–H and O–H groups in total. The first kappa shape index (κ1) is 18.5. The molecule has 1 rings (SSSR count). The zero-order chi connectivity index (χ0) is 16.0. The van der Waals surface area contributed by atoms with Gasteiger partial charge in [0.1, 0.15) is 0 Å². The van der Waals surface area contributed by atoms with Crippen molar-refractivity contribution in [2.24, 2.45) is 4.99 Å². The fourth-order valence-corrected chi connectivity index (χ4v) is 2.30. The first-order chi connectivity index (χ1) is 10.8. The first-order valence-electron chi connectivity index (χ1n) is 8.58. The molecule has 0 aliphatic rings. The summed E-state index contributed by atoms with van der Waals surface area (Å²) in [5, 5.41) is 6.72. The minimum absolute atomic E-state index is 0.718. The molecule has 1 aromatic carbocycles. The highest BCUT2D eigenvalue weighted by atomic mass is 15.2. The number of unbranched alkanes of at least 4 members (excludes halogenated alkanes) is 1. The molecule has 0 saturated carbocycles. The van der Waals surface area contributed by atoms with Gasteiger partial charge in [0.15, 0.2) is 5.96 Å². The summed E-state index contributed by atoms with van der Waals surface area (Å²) in [5.41, 5.74) is 1.24. The molecule has 124 valence electrons. The van der Waals surface area contributed by atoms with E-state index in [1.54, 1.807) is 0 Å². The minimum Gasteiger partial charge on any atom is -0.357 e. The summed E-state index contributed by atoms with van der Waals surface area (Å²) in [5.74, 6) is 0.911. The molecule has 4 nitrogen and oxygen atoms in total. The number of nitrogens with one attached hydrogen (secondary N) is 2. The number of benzene rings is 1. The highest BCUT2D eigenvalue weighted by Crippen LogP contribution is 2.00. The van der Waals surface area contributed by atoms with E-state index in [9.17, 15) is 0 Å². The van der Waals surface area contributed by atoms with E-state index in [1.807, 2.05) is 6.07 Å². The molecule has 0 atom stereocenters. The van der Waals surface area contributed by atoms with Crippen LogP contribution in [0.15, 0.2) is 35.3 Å². The summed E-state index contributed by atoms with van der Waals surface area (Å²) in [6.07, 6.45) is 2.40. The van der Waals surface area contributed by atoms with Crippen molar-refractivity contribution in [3.05, 3.63) is 35.9 Å². The van der Waals surface area contributed by atoms with Gasteiger partial charge in [0.05, 0.1) is 6.54 Å². The van der Waals surface area contributed by atoms with E-state index in [0.717, 1.165) is 38.7 Å². The normalized spacial score (nSPS) is 11.7. The standard InChI is InChI=1S/C18H32N4/c1-4-19-18(21-16-17-12-8-7-9-13-17)20-14-10-11-15-22(5-2)6-3/h7-9,12-13H,4-6,10-11,14-16H2,1-3H3,(H2,19,20,21). The van der Waals surface area contributed by atoms with Crippen molar-refractivity contribution in [3.63, 3.8) is 0 Å². The predicted molar refractivity (Wildman–Crippen MR) is 96.3 cm³/mol. The van der Waals surface area contributed by atoms with Crippen LogP contribution in [0.25, 0.3) is 0 Å². The zero-order valence-electron chi connectivity index (χ0n) is 14.4. The molecule has 22 heavy (non-hydrogen) atoms. The van der Waals surface area contributed by atoms with Crippen molar-refractivity contribution in [3.8, 4) is 0 Å². The van der Waals surface area contributed by atoms with Crippen LogP contribution in [0, 0.1) is 0 Å². The Labute approximate surface area is 136 Å². The number of hydrogen-bond donors (Lipinski definition) is 2. The average molecular weight is 304 g/mol. The van der Waals surface area contributed by atoms with Gasteiger partial charge in [0.25, 0.3) is 0 Å². The van der Waals surface area contributed by atoms with Crippen molar-refractivity contribution < 1.29 is 0 Å². The first-order valence-corrected chi connectivity index (χ1v) is 8.58. The molecule has 0 spiro atoms. The van der Waals surface area contributed by atoms with E-state index in [-0.39, 0.29) is 0 Å². The Bertz CT molecular complexity index is 399. The SMILES string of the molecule is CCNC(=NCc1ccccc1)NCCCCN(CC)CC. The fourth-order valence-electron chi connectivity index (χ4n) is 2.30. The van der Waals surface area contributed by atoms with Gasteiger partial charge in [-0.25, -0.2) is 4.99 Å². The fraction of sp³-hybridized carbons (Fsp3) is 0.611. The quantitative estimate of drug-likeness (QED) is 0.397. The Morgan fingerprint density at radius 2 is 1.73 bits per heavy atom. The lowest BCUT2D eigenvalue weighted by Gasteiger charge is -2.18. The van der Waals surface area contributed by atoms with E-state index in [4.69, 9.17) is 0 Å². The summed E-state index contributed by atoms with van der Waals surface area (Å²) in [6, 6.07) is 10.4. The van der Waals surface area contributed by atoms with Gasteiger partial charge in [0, 0.05) is 13.1 Å². The summed E-state index contributed by atoms with van der Waals surface area (Å²) in [7, 11) is 0. The van der Waals surface area contributed by atoms with E-state index >= 15 is 0 Å². The summed E-state index contributed by atoms with van der Waals surface area (Å²) >= 11 is 0. The monoisotopic (exact) mass is 304 g/mol. The second kappa shape index (κ2) is 12.0. The van der Waals surface area contributed by atoms with Gasteiger partial charge in [-0.3, -0.25) is 0 Å². The second-order valence-electron chi connectivity index (χ2n) is 5.34. The molecule has 0 fully saturated rings. The third-order valence-electron chi connectivity index (χ3n) is 3.69. The van der Waals surface area contributed by atoms with Gasteiger partial charge in [0.2, 0.25) is 0 Å². The molecular weight excluding hydrogens is 272 g/mol. The lowest BCUT2D eigenvalue weighted by Crippen LogP contribution is -2.38. The van der Waals surface area contributed by atoms with Gasteiger partial charge >= 0.3 is 0 Å². The third kappa shape index (κ3) is 8.03. The Balaban J connectivity index is 2.28. The lowest BCUT2D eigenvalue weighted by atomic mass is 10.2. The molecule has 0 amide bonds. The van der Waals surface area contributed by atoms with Gasteiger partial charge in [-0.1, -0.05) is 44.2 Å². The van der Waals surface area contributed by atoms with Crippen molar-refractivity contribution in [2.75, 3.05) is 32.7 Å². The van der Waals surface area contributed by atoms with Crippen molar-refractivity contribution in [2.45, 2.75) is 40.2 Å². The Kier molecular flexibility index (Phi) is 10.1. The minimum atomic E-state index is 0.718. The van der Waals surface area contributed by atoms with Crippen LogP contribution in [0.2, 0.25) is 0 Å². The lowest BCUT2D eigenvalue weighted by molar-refractivity contribution is 0.297.